The van der Waals surface area contributed by atoms with E-state index in [1.807, 2.05) is 61.5 Å². The highest BCUT2D eigenvalue weighted by molar-refractivity contribution is 8.13. The summed E-state index contributed by atoms with van der Waals surface area (Å²) in [6, 6.07) is 17.0. The van der Waals surface area contributed by atoms with Gasteiger partial charge in [0.15, 0.2) is 0 Å². The van der Waals surface area contributed by atoms with Gasteiger partial charge in [0.05, 0.1) is 12.4 Å². The zero-order chi connectivity index (χ0) is 15.3. The van der Waals surface area contributed by atoms with Crippen LogP contribution in [-0.4, -0.2) is 20.8 Å². The molecule has 0 N–H and O–H groups in total. The van der Waals surface area contributed by atoms with Crippen LogP contribution in [0.25, 0.3) is 0 Å². The van der Waals surface area contributed by atoms with Crippen molar-refractivity contribution in [2.75, 3.05) is 12.4 Å². The van der Waals surface area contributed by atoms with Gasteiger partial charge in [-0.3, -0.25) is 0 Å². The molecule has 0 bridgehead atoms. The van der Waals surface area contributed by atoms with Crippen molar-refractivity contribution < 1.29 is 13.2 Å². The Hall–Kier alpha value is -1.52. The number of para-hydroxylation sites is 1. The molecule has 0 fully saturated rings. The number of hydrogen-bond acceptors (Lipinski definition) is 3. The molecule has 5 heteroatoms. The smallest absolute Gasteiger partial charge is 0.233 e. The third kappa shape index (κ3) is 5.06. The summed E-state index contributed by atoms with van der Waals surface area (Å²) in [6.45, 7) is 2.21. The number of benzene rings is 2. The van der Waals surface area contributed by atoms with E-state index in [-0.39, 0.29) is 18.3 Å². The van der Waals surface area contributed by atoms with Crippen molar-refractivity contribution in [1.82, 2.24) is 0 Å². The summed E-state index contributed by atoms with van der Waals surface area (Å²) >= 11 is 0. The Kier molecular flexibility index (Phi) is 5.26. The van der Waals surface area contributed by atoms with Gasteiger partial charge in [-0.25, -0.2) is 8.42 Å². The monoisotopic (exact) mass is 324 g/mol. The van der Waals surface area contributed by atoms with Crippen molar-refractivity contribution in [3.8, 4) is 5.75 Å². The molecule has 21 heavy (non-hydrogen) atoms. The van der Waals surface area contributed by atoms with E-state index in [1.54, 1.807) is 0 Å². The highest BCUT2D eigenvalue weighted by atomic mass is 35.7. The van der Waals surface area contributed by atoms with Crippen LogP contribution in [0.2, 0.25) is 0 Å². The molecule has 0 radical (unpaired) electrons. The number of hydrogen-bond donors (Lipinski definition) is 0. The van der Waals surface area contributed by atoms with Gasteiger partial charge in [-0.15, -0.1) is 0 Å². The van der Waals surface area contributed by atoms with Gasteiger partial charge in [-0.05, 0) is 24.1 Å². The summed E-state index contributed by atoms with van der Waals surface area (Å²) in [6.07, 6.45) is 0. The Morgan fingerprint density at radius 1 is 1.05 bits per heavy atom. The second-order valence-corrected chi connectivity index (χ2v) is 7.71. The molecule has 1 unspecified atom stereocenters. The Morgan fingerprint density at radius 3 is 2.29 bits per heavy atom. The van der Waals surface area contributed by atoms with E-state index in [9.17, 15) is 8.42 Å². The fourth-order valence-corrected chi connectivity index (χ4v) is 3.34. The predicted molar refractivity (Wildman–Crippen MR) is 85.5 cm³/mol. The zero-order valence-corrected chi connectivity index (χ0v) is 13.3. The summed E-state index contributed by atoms with van der Waals surface area (Å²) in [5, 5.41) is 0. The lowest BCUT2D eigenvalue weighted by Gasteiger charge is -2.17. The normalized spacial score (nSPS) is 12.9. The molecule has 0 aliphatic carbocycles. The van der Waals surface area contributed by atoms with Crippen LogP contribution >= 0.6 is 10.7 Å². The molecule has 0 heterocycles. The number of ether oxygens (including phenoxy) is 1. The maximum absolute atomic E-state index is 11.4. The van der Waals surface area contributed by atoms with Crippen LogP contribution in [0.1, 0.15) is 17.0 Å². The third-order valence-corrected chi connectivity index (χ3v) is 4.38. The van der Waals surface area contributed by atoms with Gasteiger partial charge in [0.25, 0.3) is 0 Å². The van der Waals surface area contributed by atoms with Crippen LogP contribution in [0.5, 0.6) is 5.75 Å². The second kappa shape index (κ2) is 6.96. The molecule has 2 aromatic rings. The fraction of sp³-hybridized carbons (Fsp3) is 0.250. The summed E-state index contributed by atoms with van der Waals surface area (Å²) in [5.74, 6) is 0.309. The zero-order valence-electron chi connectivity index (χ0n) is 11.7. The lowest BCUT2D eigenvalue weighted by Crippen LogP contribution is -2.18. The second-order valence-electron chi connectivity index (χ2n) is 4.89. The van der Waals surface area contributed by atoms with Crippen LogP contribution in [-0.2, 0) is 9.05 Å². The number of halogens is 1. The van der Waals surface area contributed by atoms with Gasteiger partial charge in [0.1, 0.15) is 5.75 Å². The van der Waals surface area contributed by atoms with Gasteiger partial charge in [0, 0.05) is 16.6 Å². The molecular formula is C16H17ClO3S. The average molecular weight is 325 g/mol. The molecule has 0 aliphatic rings. The van der Waals surface area contributed by atoms with Crippen molar-refractivity contribution in [1.29, 1.82) is 0 Å². The Bertz CT molecular complexity index is 684. The molecule has 112 valence electrons. The first-order valence-corrected chi connectivity index (χ1v) is 9.09. The minimum atomic E-state index is -3.59. The Morgan fingerprint density at radius 2 is 1.67 bits per heavy atom. The van der Waals surface area contributed by atoms with Crippen LogP contribution in [0.4, 0.5) is 0 Å². The molecule has 1 atom stereocenters. The Labute approximate surface area is 129 Å². The van der Waals surface area contributed by atoms with Crippen LogP contribution in [0.15, 0.2) is 54.6 Å². The quantitative estimate of drug-likeness (QED) is 0.760. The highest BCUT2D eigenvalue weighted by Crippen LogP contribution is 2.23. The lowest BCUT2D eigenvalue weighted by atomic mass is 10.0. The first-order chi connectivity index (χ1) is 9.96. The Balaban J connectivity index is 2.15. The van der Waals surface area contributed by atoms with Crippen molar-refractivity contribution in [2.24, 2.45) is 0 Å². The van der Waals surface area contributed by atoms with E-state index in [1.165, 1.54) is 0 Å². The van der Waals surface area contributed by atoms with E-state index >= 15 is 0 Å². The molecule has 2 aromatic carbocycles. The van der Waals surface area contributed by atoms with E-state index in [4.69, 9.17) is 15.4 Å². The SMILES string of the molecule is Cc1ccccc1OCC(CS(=O)(=O)Cl)c1ccccc1. The summed E-state index contributed by atoms with van der Waals surface area (Å²) in [5.41, 5.74) is 1.91. The van der Waals surface area contributed by atoms with Gasteiger partial charge in [-0.1, -0.05) is 48.5 Å². The molecule has 0 saturated carbocycles. The molecule has 0 amide bonds. The highest BCUT2D eigenvalue weighted by Gasteiger charge is 2.20. The van der Waals surface area contributed by atoms with Gasteiger partial charge in [-0.2, -0.15) is 0 Å². The molecule has 2 rings (SSSR count). The number of aryl methyl sites for hydroxylation is 1. The first-order valence-electron chi connectivity index (χ1n) is 6.61. The van der Waals surface area contributed by atoms with Gasteiger partial charge < -0.3 is 4.74 Å². The standard InChI is InChI=1S/C16H17ClO3S/c1-13-7-5-6-10-16(13)20-11-15(12-21(17,18)19)14-8-3-2-4-9-14/h2-10,15H,11-12H2,1H3. The van der Waals surface area contributed by atoms with Gasteiger partial charge in [0.2, 0.25) is 9.05 Å². The summed E-state index contributed by atoms with van der Waals surface area (Å²) in [4.78, 5) is 0. The van der Waals surface area contributed by atoms with E-state index in [0.29, 0.717) is 0 Å². The molecule has 0 saturated heterocycles. The lowest BCUT2D eigenvalue weighted by molar-refractivity contribution is 0.294. The predicted octanol–water partition coefficient (Wildman–Crippen LogP) is 3.73. The summed E-state index contributed by atoms with van der Waals surface area (Å²) in [7, 11) is 1.81. The van der Waals surface area contributed by atoms with Crippen LogP contribution in [0, 0.1) is 6.92 Å². The average Bonchev–Trinajstić information content (AvgIpc) is 2.45. The number of rotatable bonds is 6. The van der Waals surface area contributed by atoms with E-state index < -0.39 is 9.05 Å². The first kappa shape index (κ1) is 15.9. The third-order valence-electron chi connectivity index (χ3n) is 3.20. The van der Waals surface area contributed by atoms with Crippen LogP contribution in [0.3, 0.4) is 0 Å². The van der Waals surface area contributed by atoms with Gasteiger partial charge >= 0.3 is 0 Å². The van der Waals surface area contributed by atoms with E-state index in [2.05, 4.69) is 0 Å². The van der Waals surface area contributed by atoms with Crippen molar-refractivity contribution in [3.05, 3.63) is 65.7 Å². The minimum Gasteiger partial charge on any atom is -0.493 e. The minimum absolute atomic E-state index is 0.148. The van der Waals surface area contributed by atoms with Crippen molar-refractivity contribution >= 4 is 19.7 Å². The topological polar surface area (TPSA) is 43.4 Å². The van der Waals surface area contributed by atoms with Crippen LogP contribution < -0.4 is 4.74 Å². The molecule has 0 aliphatic heterocycles. The largest absolute Gasteiger partial charge is 0.493 e. The van der Waals surface area contributed by atoms with Crippen molar-refractivity contribution in [2.45, 2.75) is 12.8 Å². The molecule has 0 spiro atoms. The maximum Gasteiger partial charge on any atom is 0.233 e. The summed E-state index contributed by atoms with van der Waals surface area (Å²) < 4.78 is 28.6. The maximum atomic E-state index is 11.4. The fourth-order valence-electron chi connectivity index (χ4n) is 2.11. The van der Waals surface area contributed by atoms with Crippen molar-refractivity contribution in [3.63, 3.8) is 0 Å². The molecular weight excluding hydrogens is 308 g/mol. The molecule has 0 aromatic heterocycles. The van der Waals surface area contributed by atoms with E-state index in [0.717, 1.165) is 16.9 Å². The molecule has 3 nitrogen and oxygen atoms in total.